The normalized spacial score (nSPS) is 8.71. The summed E-state index contributed by atoms with van der Waals surface area (Å²) < 4.78 is 5.01. The van der Waals surface area contributed by atoms with Crippen LogP contribution in [0.1, 0.15) is 18.9 Å². The molecule has 72 valence electrons. The minimum Gasteiger partial charge on any atom is -0.497 e. The quantitative estimate of drug-likeness (QED) is 0.664. The molecule has 0 amide bonds. The maximum Gasteiger partial charge on any atom is 0.141 e. The summed E-state index contributed by atoms with van der Waals surface area (Å²) in [6, 6.07) is 7.42. The van der Waals surface area contributed by atoms with E-state index < -0.39 is 0 Å². The van der Waals surface area contributed by atoms with Gasteiger partial charge in [0, 0.05) is 5.56 Å². The van der Waals surface area contributed by atoms with Crippen molar-refractivity contribution in [1.29, 1.82) is 0 Å². The fraction of sp³-hybridized carbons (Fsp3) is 0.250. The van der Waals surface area contributed by atoms with Crippen molar-refractivity contribution in [3.63, 3.8) is 0 Å². The van der Waals surface area contributed by atoms with Gasteiger partial charge in [-0.3, -0.25) is 4.79 Å². The molecule has 14 heavy (non-hydrogen) atoms. The van der Waals surface area contributed by atoms with Crippen LogP contribution < -0.4 is 4.74 Å². The molecule has 1 aromatic rings. The monoisotopic (exact) mass is 188 g/mol. The van der Waals surface area contributed by atoms with Crippen LogP contribution in [0.15, 0.2) is 24.3 Å². The van der Waals surface area contributed by atoms with E-state index >= 15 is 0 Å². The second-order valence-corrected chi connectivity index (χ2v) is 2.91. The number of ether oxygens (including phenoxy) is 1. The van der Waals surface area contributed by atoms with Crippen LogP contribution >= 0.6 is 0 Å². The minimum atomic E-state index is 0.0889. The van der Waals surface area contributed by atoms with Crippen LogP contribution in [0.25, 0.3) is 0 Å². The maximum atomic E-state index is 10.6. The van der Waals surface area contributed by atoms with Crippen molar-refractivity contribution in [2.24, 2.45) is 0 Å². The van der Waals surface area contributed by atoms with Crippen LogP contribution in [-0.4, -0.2) is 12.9 Å². The number of carbonyl (C=O) groups is 1. The highest BCUT2D eigenvalue weighted by atomic mass is 16.5. The zero-order valence-corrected chi connectivity index (χ0v) is 8.33. The van der Waals surface area contributed by atoms with Gasteiger partial charge in [0.25, 0.3) is 0 Å². The van der Waals surface area contributed by atoms with Crippen molar-refractivity contribution in [2.45, 2.75) is 13.3 Å². The van der Waals surface area contributed by atoms with Gasteiger partial charge < -0.3 is 4.74 Å². The lowest BCUT2D eigenvalue weighted by molar-refractivity contribution is -0.116. The Morgan fingerprint density at radius 2 is 2.00 bits per heavy atom. The summed E-state index contributed by atoms with van der Waals surface area (Å²) in [6.07, 6.45) is 0.312. The second kappa shape index (κ2) is 5.08. The first-order chi connectivity index (χ1) is 6.72. The number of hydrogen-bond acceptors (Lipinski definition) is 2. The van der Waals surface area contributed by atoms with Crippen LogP contribution in [0.2, 0.25) is 0 Å². The van der Waals surface area contributed by atoms with Crippen LogP contribution in [0.5, 0.6) is 5.75 Å². The fourth-order valence-electron chi connectivity index (χ4n) is 0.945. The molecule has 2 nitrogen and oxygen atoms in total. The number of ketones is 1. The van der Waals surface area contributed by atoms with Crippen molar-refractivity contribution < 1.29 is 9.53 Å². The smallest absolute Gasteiger partial charge is 0.141 e. The van der Waals surface area contributed by atoms with Gasteiger partial charge in [-0.1, -0.05) is 11.8 Å². The third-order valence-corrected chi connectivity index (χ3v) is 1.66. The SMILES string of the molecule is COc1ccc(C#CCC(C)=O)cc1. The number of Topliss-reactive ketones (excluding diaryl/α,β-unsaturated/α-hetero) is 1. The van der Waals surface area contributed by atoms with Gasteiger partial charge in [0.1, 0.15) is 11.5 Å². The number of rotatable bonds is 2. The van der Waals surface area contributed by atoms with E-state index in [4.69, 9.17) is 4.74 Å². The largest absolute Gasteiger partial charge is 0.497 e. The third kappa shape index (κ3) is 3.32. The van der Waals surface area contributed by atoms with E-state index in [1.807, 2.05) is 24.3 Å². The molecule has 0 radical (unpaired) electrons. The Bertz CT molecular complexity index is 366. The van der Waals surface area contributed by atoms with Gasteiger partial charge in [-0.2, -0.15) is 0 Å². The Hall–Kier alpha value is -1.75. The molecule has 0 unspecified atom stereocenters. The van der Waals surface area contributed by atoms with Gasteiger partial charge in [0.05, 0.1) is 13.5 Å². The summed E-state index contributed by atoms with van der Waals surface area (Å²) in [5.41, 5.74) is 0.895. The molecule has 0 atom stereocenters. The van der Waals surface area contributed by atoms with Gasteiger partial charge in [0.15, 0.2) is 0 Å². The Morgan fingerprint density at radius 1 is 1.36 bits per heavy atom. The molecule has 2 heteroatoms. The number of methoxy groups -OCH3 is 1. The number of hydrogen-bond donors (Lipinski definition) is 0. The first kappa shape index (κ1) is 10.3. The average molecular weight is 188 g/mol. The van der Waals surface area contributed by atoms with Crippen molar-refractivity contribution in [3.05, 3.63) is 29.8 Å². The molecule has 0 aromatic heterocycles. The lowest BCUT2D eigenvalue weighted by Crippen LogP contribution is -1.85. The molecule has 0 fully saturated rings. The molecule has 1 rings (SSSR count). The molecule has 0 heterocycles. The summed E-state index contributed by atoms with van der Waals surface area (Å²) in [5.74, 6) is 6.60. The van der Waals surface area contributed by atoms with Crippen molar-refractivity contribution in [3.8, 4) is 17.6 Å². The highest BCUT2D eigenvalue weighted by Gasteiger charge is 1.90. The number of carbonyl (C=O) groups excluding carboxylic acids is 1. The van der Waals surface area contributed by atoms with Gasteiger partial charge in [-0.15, -0.1) is 0 Å². The predicted molar refractivity (Wildman–Crippen MR) is 55.2 cm³/mol. The first-order valence-electron chi connectivity index (χ1n) is 4.34. The van der Waals surface area contributed by atoms with Gasteiger partial charge in [-0.05, 0) is 31.2 Å². The van der Waals surface area contributed by atoms with Gasteiger partial charge in [-0.25, -0.2) is 0 Å². The average Bonchev–Trinajstić information content (AvgIpc) is 2.18. The molecule has 1 aromatic carbocycles. The number of benzene rings is 1. The van der Waals surface area contributed by atoms with E-state index in [1.54, 1.807) is 7.11 Å². The van der Waals surface area contributed by atoms with E-state index in [0.29, 0.717) is 6.42 Å². The lowest BCUT2D eigenvalue weighted by Gasteiger charge is -1.97. The molecule has 0 bridgehead atoms. The topological polar surface area (TPSA) is 26.3 Å². The summed E-state index contributed by atoms with van der Waals surface area (Å²) in [6.45, 7) is 1.53. The molecule has 0 saturated carbocycles. The van der Waals surface area contributed by atoms with Crippen LogP contribution in [0.4, 0.5) is 0 Å². The van der Waals surface area contributed by atoms with Crippen molar-refractivity contribution in [1.82, 2.24) is 0 Å². The molecule has 0 aliphatic carbocycles. The minimum absolute atomic E-state index is 0.0889. The molecular weight excluding hydrogens is 176 g/mol. The third-order valence-electron chi connectivity index (χ3n) is 1.66. The lowest BCUT2D eigenvalue weighted by atomic mass is 10.2. The van der Waals surface area contributed by atoms with E-state index in [2.05, 4.69) is 11.8 Å². The van der Waals surface area contributed by atoms with E-state index in [9.17, 15) is 4.79 Å². The Morgan fingerprint density at radius 3 is 2.50 bits per heavy atom. The first-order valence-corrected chi connectivity index (χ1v) is 4.34. The molecule has 0 saturated heterocycles. The maximum absolute atomic E-state index is 10.6. The highest BCUT2D eigenvalue weighted by molar-refractivity contribution is 5.78. The predicted octanol–water partition coefficient (Wildman–Crippen LogP) is 2.03. The second-order valence-electron chi connectivity index (χ2n) is 2.91. The summed E-state index contributed by atoms with van der Waals surface area (Å²) >= 11 is 0. The molecule has 0 spiro atoms. The Labute approximate surface area is 83.9 Å². The molecule has 0 aliphatic rings. The molecule has 0 aliphatic heterocycles. The Kier molecular flexibility index (Phi) is 3.75. The molecular formula is C12H12O2. The van der Waals surface area contributed by atoms with E-state index in [1.165, 1.54) is 6.92 Å². The fourth-order valence-corrected chi connectivity index (χ4v) is 0.945. The zero-order chi connectivity index (χ0) is 10.4. The van der Waals surface area contributed by atoms with Gasteiger partial charge in [0.2, 0.25) is 0 Å². The van der Waals surface area contributed by atoms with Gasteiger partial charge >= 0.3 is 0 Å². The highest BCUT2D eigenvalue weighted by Crippen LogP contribution is 2.10. The van der Waals surface area contributed by atoms with Crippen LogP contribution in [-0.2, 0) is 4.79 Å². The van der Waals surface area contributed by atoms with Crippen molar-refractivity contribution in [2.75, 3.05) is 7.11 Å². The Balaban J connectivity index is 2.66. The summed E-state index contributed by atoms with van der Waals surface area (Å²) in [4.78, 5) is 10.6. The summed E-state index contributed by atoms with van der Waals surface area (Å²) in [5, 5.41) is 0. The zero-order valence-electron chi connectivity index (χ0n) is 8.33. The van der Waals surface area contributed by atoms with Crippen molar-refractivity contribution >= 4 is 5.78 Å². The van der Waals surface area contributed by atoms with Crippen LogP contribution in [0, 0.1) is 11.8 Å². The van der Waals surface area contributed by atoms with Crippen LogP contribution in [0.3, 0.4) is 0 Å². The van der Waals surface area contributed by atoms with E-state index in [-0.39, 0.29) is 5.78 Å². The standard InChI is InChI=1S/C12H12O2/c1-10(13)4-3-5-11-6-8-12(14-2)9-7-11/h6-9H,4H2,1-2H3. The molecule has 0 N–H and O–H groups in total. The van der Waals surface area contributed by atoms with E-state index in [0.717, 1.165) is 11.3 Å². The summed E-state index contributed by atoms with van der Waals surface area (Å²) in [7, 11) is 1.62.